The van der Waals surface area contributed by atoms with E-state index < -0.39 is 22.1 Å². The third kappa shape index (κ3) is 5.02. The number of carbonyl (C=O) groups excluding carboxylic acids is 1. The van der Waals surface area contributed by atoms with Gasteiger partial charge in [0.25, 0.3) is 0 Å². The molecule has 174 valence electrons. The average molecular weight is 471 g/mol. The highest BCUT2D eigenvalue weighted by Gasteiger charge is 2.61. The minimum atomic E-state index is -3.54. The van der Waals surface area contributed by atoms with Gasteiger partial charge in [-0.15, -0.1) is 0 Å². The lowest BCUT2D eigenvalue weighted by atomic mass is 9.91. The quantitative estimate of drug-likeness (QED) is 0.607. The van der Waals surface area contributed by atoms with Crippen molar-refractivity contribution in [2.75, 3.05) is 19.3 Å². The van der Waals surface area contributed by atoms with Crippen molar-refractivity contribution in [2.45, 2.75) is 37.8 Å². The van der Waals surface area contributed by atoms with Gasteiger partial charge in [-0.2, -0.15) is 5.26 Å². The fourth-order valence-corrected chi connectivity index (χ4v) is 5.66. The van der Waals surface area contributed by atoms with Crippen LogP contribution in [0.3, 0.4) is 0 Å². The van der Waals surface area contributed by atoms with Crippen LogP contribution in [0.1, 0.15) is 24.8 Å². The highest BCUT2D eigenvalue weighted by Crippen LogP contribution is 2.55. The highest BCUT2D eigenvalue weighted by atomic mass is 32.2. The number of benzene rings is 2. The molecule has 2 fully saturated rings. The number of hydrogen-bond donors (Lipinski definition) is 2. The number of urea groups is 1. The van der Waals surface area contributed by atoms with E-state index in [1.165, 1.54) is 0 Å². The topological polar surface area (TPSA) is 102 Å². The zero-order chi connectivity index (χ0) is 23.6. The maximum atomic E-state index is 15.6. The number of amides is 2. The summed E-state index contributed by atoms with van der Waals surface area (Å²) in [6, 6.07) is 15.0. The summed E-state index contributed by atoms with van der Waals surface area (Å²) in [4.78, 5) is 14.6. The third-order valence-electron chi connectivity index (χ3n) is 6.53. The van der Waals surface area contributed by atoms with Gasteiger partial charge in [0.15, 0.2) is 0 Å². The number of hydrogen-bond acceptors (Lipinski definition) is 4. The summed E-state index contributed by atoms with van der Waals surface area (Å²) in [7, 11) is -3.54. The summed E-state index contributed by atoms with van der Waals surface area (Å²) < 4.78 is 42.6. The van der Waals surface area contributed by atoms with Crippen LogP contribution in [0, 0.1) is 22.6 Å². The Morgan fingerprint density at radius 3 is 2.58 bits per heavy atom. The van der Waals surface area contributed by atoms with E-state index >= 15 is 4.39 Å². The Morgan fingerprint density at radius 1 is 1.21 bits per heavy atom. The molecule has 1 saturated heterocycles. The van der Waals surface area contributed by atoms with Gasteiger partial charge in [0.1, 0.15) is 5.82 Å². The van der Waals surface area contributed by atoms with Crippen LogP contribution >= 0.6 is 0 Å². The summed E-state index contributed by atoms with van der Waals surface area (Å²) in [6.07, 6.45) is 3.05. The van der Waals surface area contributed by atoms with Crippen LogP contribution in [0.5, 0.6) is 0 Å². The van der Waals surface area contributed by atoms with Crippen LogP contribution in [-0.2, 0) is 16.4 Å². The number of nitrogens with one attached hydrogen (secondary N) is 2. The van der Waals surface area contributed by atoms with Crippen LogP contribution in [-0.4, -0.2) is 50.8 Å². The normalized spacial score (nSPS) is 21.1. The number of likely N-dealkylation sites (tertiary alicyclic amines) is 1. The molecule has 2 N–H and O–H groups in total. The van der Waals surface area contributed by atoms with Gasteiger partial charge < -0.3 is 10.2 Å². The van der Waals surface area contributed by atoms with Gasteiger partial charge in [0, 0.05) is 30.1 Å². The number of halogens is 1. The van der Waals surface area contributed by atoms with Gasteiger partial charge in [-0.25, -0.2) is 22.3 Å². The SMILES string of the molecule is CS(=O)(=O)N[C@@H]1[C@H](Cc2cccc(-c3ccccc3)c2F)N(C(=O)NCCC#N)CC12CC2. The Labute approximate surface area is 193 Å². The molecule has 1 aliphatic carbocycles. The lowest BCUT2D eigenvalue weighted by Crippen LogP contribution is -2.51. The Hall–Kier alpha value is -2.96. The van der Waals surface area contributed by atoms with E-state index in [1.54, 1.807) is 23.1 Å². The first kappa shape index (κ1) is 23.2. The van der Waals surface area contributed by atoms with Crippen molar-refractivity contribution in [3.05, 3.63) is 59.9 Å². The number of carbonyl (C=O) groups is 1. The van der Waals surface area contributed by atoms with E-state index in [-0.39, 0.29) is 36.6 Å². The second kappa shape index (κ2) is 9.12. The van der Waals surface area contributed by atoms with Gasteiger partial charge in [-0.1, -0.05) is 48.5 Å². The molecule has 2 aliphatic rings. The van der Waals surface area contributed by atoms with Crippen LogP contribution < -0.4 is 10.0 Å². The molecule has 4 rings (SSSR count). The maximum absolute atomic E-state index is 15.6. The molecule has 0 unspecified atom stereocenters. The van der Waals surface area contributed by atoms with Crippen molar-refractivity contribution in [1.29, 1.82) is 5.26 Å². The molecule has 1 aliphatic heterocycles. The van der Waals surface area contributed by atoms with E-state index in [0.29, 0.717) is 17.7 Å². The van der Waals surface area contributed by atoms with Crippen LogP contribution in [0.4, 0.5) is 9.18 Å². The van der Waals surface area contributed by atoms with Gasteiger partial charge in [-0.3, -0.25) is 0 Å². The molecular formula is C24H27FN4O3S. The van der Waals surface area contributed by atoms with E-state index in [4.69, 9.17) is 5.26 Å². The largest absolute Gasteiger partial charge is 0.337 e. The molecule has 2 aromatic carbocycles. The zero-order valence-electron chi connectivity index (χ0n) is 18.4. The lowest BCUT2D eigenvalue weighted by Gasteiger charge is -2.29. The Bertz CT molecular complexity index is 1180. The fourth-order valence-electron chi connectivity index (χ4n) is 4.79. The predicted octanol–water partition coefficient (Wildman–Crippen LogP) is 3.04. The van der Waals surface area contributed by atoms with Crippen LogP contribution in [0.25, 0.3) is 11.1 Å². The lowest BCUT2D eigenvalue weighted by molar-refractivity contribution is 0.188. The summed E-state index contributed by atoms with van der Waals surface area (Å²) in [6.45, 7) is 0.594. The molecule has 9 heteroatoms. The smallest absolute Gasteiger partial charge is 0.317 e. The first-order valence-electron chi connectivity index (χ1n) is 11.0. The predicted molar refractivity (Wildman–Crippen MR) is 123 cm³/mol. The molecule has 2 amide bonds. The summed E-state index contributed by atoms with van der Waals surface area (Å²) >= 11 is 0. The molecule has 1 spiro atoms. The molecule has 0 radical (unpaired) electrons. The van der Waals surface area contributed by atoms with Crippen molar-refractivity contribution in [2.24, 2.45) is 5.41 Å². The third-order valence-corrected chi connectivity index (χ3v) is 7.21. The first-order valence-corrected chi connectivity index (χ1v) is 12.8. The van der Waals surface area contributed by atoms with Crippen molar-refractivity contribution < 1.29 is 17.6 Å². The van der Waals surface area contributed by atoms with E-state index in [9.17, 15) is 13.2 Å². The van der Waals surface area contributed by atoms with Crippen molar-refractivity contribution >= 4 is 16.1 Å². The number of nitriles is 1. The Morgan fingerprint density at radius 2 is 1.94 bits per heavy atom. The van der Waals surface area contributed by atoms with Gasteiger partial charge in [0.2, 0.25) is 10.0 Å². The summed E-state index contributed by atoms with van der Waals surface area (Å²) in [5.74, 6) is -0.372. The van der Waals surface area contributed by atoms with E-state index in [1.807, 2.05) is 36.4 Å². The molecule has 1 saturated carbocycles. The van der Waals surface area contributed by atoms with E-state index in [0.717, 1.165) is 24.7 Å². The molecule has 0 aromatic heterocycles. The Balaban J connectivity index is 1.67. The van der Waals surface area contributed by atoms with Crippen LogP contribution in [0.15, 0.2) is 48.5 Å². The van der Waals surface area contributed by atoms with Crippen molar-refractivity contribution in [1.82, 2.24) is 14.9 Å². The van der Waals surface area contributed by atoms with Gasteiger partial charge in [0.05, 0.1) is 24.8 Å². The number of rotatable bonds is 7. The molecule has 2 atom stereocenters. The maximum Gasteiger partial charge on any atom is 0.317 e. The second-order valence-electron chi connectivity index (χ2n) is 8.91. The highest BCUT2D eigenvalue weighted by molar-refractivity contribution is 7.88. The molecule has 33 heavy (non-hydrogen) atoms. The summed E-state index contributed by atoms with van der Waals surface area (Å²) in [5.41, 5.74) is 1.30. The second-order valence-corrected chi connectivity index (χ2v) is 10.7. The minimum Gasteiger partial charge on any atom is -0.337 e. The first-order chi connectivity index (χ1) is 15.7. The standard InChI is InChI=1S/C24H27FN4O3S/c1-33(31,32)28-22-20(29(16-24(22)11-12-24)23(30)27-14-6-13-26)15-18-9-5-10-19(21(18)25)17-7-3-2-4-8-17/h2-5,7-10,20,22,28H,6,11-12,14-16H2,1H3,(H,27,30)/t20-,22+/m0/s1. The van der Waals surface area contributed by atoms with Crippen molar-refractivity contribution in [3.8, 4) is 17.2 Å². The van der Waals surface area contributed by atoms with E-state index in [2.05, 4.69) is 10.0 Å². The number of nitrogens with zero attached hydrogens (tertiary/aromatic N) is 2. The minimum absolute atomic E-state index is 0.174. The monoisotopic (exact) mass is 470 g/mol. The molecule has 7 nitrogen and oxygen atoms in total. The van der Waals surface area contributed by atoms with Gasteiger partial charge >= 0.3 is 6.03 Å². The zero-order valence-corrected chi connectivity index (χ0v) is 19.2. The molecule has 2 aromatic rings. The van der Waals surface area contributed by atoms with Crippen molar-refractivity contribution in [3.63, 3.8) is 0 Å². The number of sulfonamides is 1. The van der Waals surface area contributed by atoms with Crippen LogP contribution in [0.2, 0.25) is 0 Å². The summed E-state index contributed by atoms with van der Waals surface area (Å²) in [5, 5.41) is 11.5. The fraction of sp³-hybridized carbons (Fsp3) is 0.417. The van der Waals surface area contributed by atoms with Gasteiger partial charge in [-0.05, 0) is 30.4 Å². The molecular weight excluding hydrogens is 443 g/mol. The average Bonchev–Trinajstić information content (AvgIpc) is 3.50. The molecule has 1 heterocycles. The Kier molecular flexibility index (Phi) is 6.41. The molecule has 0 bridgehead atoms.